The standard InChI is InChI=1S/C15H12N2O/c1-2-4-14-12(3-1)11-6-5-10-7-16-9-17-15(10)13(11)8-18-14/h1-7,9,14H,8H2,(H,16,17). The highest BCUT2D eigenvalue weighted by molar-refractivity contribution is 5.75. The number of aliphatic imine (C=N–C) groups is 1. The molecule has 1 atom stereocenters. The molecule has 3 heteroatoms. The molecular formula is C15H12N2O. The fraction of sp³-hybridized carbons (Fsp3) is 0.133. The molecule has 0 saturated carbocycles. The third kappa shape index (κ3) is 1.31. The maximum Gasteiger partial charge on any atom is 0.102 e. The normalized spacial score (nSPS) is 22.7. The van der Waals surface area contributed by atoms with Crippen LogP contribution in [-0.2, 0) is 11.3 Å². The van der Waals surface area contributed by atoms with Crippen molar-refractivity contribution < 1.29 is 4.74 Å². The molecular weight excluding hydrogens is 224 g/mol. The Morgan fingerprint density at radius 2 is 2.28 bits per heavy atom. The zero-order valence-electron chi connectivity index (χ0n) is 9.76. The van der Waals surface area contributed by atoms with Gasteiger partial charge < -0.3 is 10.1 Å². The van der Waals surface area contributed by atoms with Gasteiger partial charge in [0.2, 0.25) is 0 Å². The summed E-state index contributed by atoms with van der Waals surface area (Å²) in [5.41, 5.74) is 3.45. The Kier molecular flexibility index (Phi) is 2.02. The van der Waals surface area contributed by atoms with E-state index in [1.807, 2.05) is 12.3 Å². The molecule has 0 saturated heterocycles. The van der Waals surface area contributed by atoms with E-state index in [9.17, 15) is 0 Å². The molecule has 2 heterocycles. The lowest BCUT2D eigenvalue weighted by Gasteiger charge is -2.25. The summed E-state index contributed by atoms with van der Waals surface area (Å²) in [6.45, 7) is 0.621. The third-order valence-corrected chi connectivity index (χ3v) is 3.52. The Bertz CT molecular complexity index is 726. The number of ether oxygens (including phenoxy) is 1. The van der Waals surface area contributed by atoms with Crippen molar-refractivity contribution in [2.24, 2.45) is 4.99 Å². The van der Waals surface area contributed by atoms with E-state index in [4.69, 9.17) is 4.74 Å². The Balaban J connectivity index is 2.09. The second-order valence-corrected chi connectivity index (χ2v) is 4.53. The lowest BCUT2D eigenvalue weighted by atomic mass is 9.95. The Labute approximate surface area is 104 Å². The van der Waals surface area contributed by atoms with Gasteiger partial charge in [-0.15, -0.1) is 0 Å². The van der Waals surface area contributed by atoms with Crippen LogP contribution in [0.2, 0.25) is 0 Å². The molecule has 18 heavy (non-hydrogen) atoms. The topological polar surface area (TPSA) is 33.6 Å². The van der Waals surface area contributed by atoms with Crippen LogP contribution < -0.4 is 15.8 Å². The van der Waals surface area contributed by atoms with Crippen molar-refractivity contribution >= 4 is 23.8 Å². The predicted molar refractivity (Wildman–Crippen MR) is 71.7 cm³/mol. The minimum absolute atomic E-state index is 0.0928. The van der Waals surface area contributed by atoms with Gasteiger partial charge in [-0.25, -0.2) is 4.99 Å². The van der Waals surface area contributed by atoms with E-state index in [0.717, 1.165) is 10.9 Å². The monoisotopic (exact) mass is 236 g/mol. The Hall–Kier alpha value is -2.13. The van der Waals surface area contributed by atoms with Crippen LogP contribution in [0.4, 0.5) is 5.69 Å². The van der Waals surface area contributed by atoms with Crippen molar-refractivity contribution in [2.75, 3.05) is 0 Å². The molecule has 3 aliphatic rings. The molecule has 88 valence electrons. The Morgan fingerprint density at radius 1 is 1.28 bits per heavy atom. The number of hydrogen-bond donors (Lipinski definition) is 1. The van der Waals surface area contributed by atoms with E-state index in [0.29, 0.717) is 6.61 Å². The number of nitrogens with zero attached hydrogens (tertiary/aromatic N) is 1. The van der Waals surface area contributed by atoms with E-state index >= 15 is 0 Å². The molecule has 0 fully saturated rings. The summed E-state index contributed by atoms with van der Waals surface area (Å²) in [6.07, 6.45) is 12.1. The number of rotatable bonds is 0. The minimum Gasteiger partial charge on any atom is -0.365 e. The van der Waals surface area contributed by atoms with Crippen LogP contribution in [0.1, 0.15) is 5.56 Å². The molecule has 0 amide bonds. The molecule has 2 aliphatic heterocycles. The van der Waals surface area contributed by atoms with Gasteiger partial charge in [0.1, 0.15) is 6.10 Å². The second kappa shape index (κ2) is 3.68. The van der Waals surface area contributed by atoms with Crippen molar-refractivity contribution in [1.82, 2.24) is 5.32 Å². The lowest BCUT2D eigenvalue weighted by molar-refractivity contribution is 0.101. The first-order chi connectivity index (χ1) is 8.93. The number of hydrogen-bond acceptors (Lipinski definition) is 3. The first-order valence-corrected chi connectivity index (χ1v) is 6.05. The van der Waals surface area contributed by atoms with Crippen molar-refractivity contribution in [2.45, 2.75) is 12.7 Å². The van der Waals surface area contributed by atoms with Crippen LogP contribution >= 0.6 is 0 Å². The summed E-state index contributed by atoms with van der Waals surface area (Å²) in [5.74, 6) is 0. The molecule has 0 bridgehead atoms. The highest BCUT2D eigenvalue weighted by Crippen LogP contribution is 2.24. The van der Waals surface area contributed by atoms with Crippen LogP contribution in [0.5, 0.6) is 0 Å². The van der Waals surface area contributed by atoms with Gasteiger partial charge in [-0.3, -0.25) is 0 Å². The molecule has 0 spiro atoms. The second-order valence-electron chi connectivity index (χ2n) is 4.53. The van der Waals surface area contributed by atoms with Gasteiger partial charge in [0.25, 0.3) is 0 Å². The maximum absolute atomic E-state index is 5.89. The summed E-state index contributed by atoms with van der Waals surface area (Å²) < 4.78 is 5.89. The molecule has 1 aromatic rings. The van der Waals surface area contributed by atoms with Gasteiger partial charge in [-0.2, -0.15) is 0 Å². The van der Waals surface area contributed by atoms with E-state index in [2.05, 4.69) is 40.7 Å². The summed E-state index contributed by atoms with van der Waals surface area (Å²) in [5, 5.41) is 5.40. The van der Waals surface area contributed by atoms with E-state index in [1.54, 1.807) is 6.34 Å². The molecule has 0 aromatic heterocycles. The molecule has 1 aliphatic carbocycles. The number of benzene rings is 1. The van der Waals surface area contributed by atoms with Gasteiger partial charge in [0, 0.05) is 17.0 Å². The van der Waals surface area contributed by atoms with Crippen molar-refractivity contribution in [3.63, 3.8) is 0 Å². The number of nitrogens with one attached hydrogen (secondary N) is 1. The van der Waals surface area contributed by atoms with Gasteiger partial charge in [-0.05, 0) is 10.8 Å². The van der Waals surface area contributed by atoms with Gasteiger partial charge >= 0.3 is 0 Å². The fourth-order valence-electron chi connectivity index (χ4n) is 2.65. The molecule has 1 aromatic carbocycles. The number of fused-ring (bicyclic) bond motifs is 4. The third-order valence-electron chi connectivity index (χ3n) is 3.52. The fourth-order valence-corrected chi connectivity index (χ4v) is 2.65. The zero-order valence-corrected chi connectivity index (χ0v) is 9.76. The van der Waals surface area contributed by atoms with Gasteiger partial charge in [-0.1, -0.05) is 36.4 Å². The van der Waals surface area contributed by atoms with E-state index in [1.165, 1.54) is 16.4 Å². The largest absolute Gasteiger partial charge is 0.365 e. The molecule has 1 N–H and O–H groups in total. The summed E-state index contributed by atoms with van der Waals surface area (Å²) in [7, 11) is 0. The van der Waals surface area contributed by atoms with Crippen LogP contribution in [0, 0.1) is 0 Å². The highest BCUT2D eigenvalue weighted by atomic mass is 16.5. The van der Waals surface area contributed by atoms with Crippen LogP contribution in [0.25, 0.3) is 11.8 Å². The average molecular weight is 236 g/mol. The molecule has 3 nitrogen and oxygen atoms in total. The van der Waals surface area contributed by atoms with Gasteiger partial charge in [0.15, 0.2) is 0 Å². The quantitative estimate of drug-likeness (QED) is 0.725. The summed E-state index contributed by atoms with van der Waals surface area (Å²) in [4.78, 5) is 4.44. The van der Waals surface area contributed by atoms with Crippen molar-refractivity contribution in [3.05, 3.63) is 52.4 Å². The van der Waals surface area contributed by atoms with E-state index < -0.39 is 0 Å². The van der Waals surface area contributed by atoms with Crippen molar-refractivity contribution in [3.8, 4) is 0 Å². The summed E-state index contributed by atoms with van der Waals surface area (Å²) >= 11 is 0. The smallest absolute Gasteiger partial charge is 0.102 e. The zero-order chi connectivity index (χ0) is 11.9. The first-order valence-electron chi connectivity index (χ1n) is 6.05. The minimum atomic E-state index is 0.0928. The van der Waals surface area contributed by atoms with Crippen molar-refractivity contribution in [1.29, 1.82) is 0 Å². The Morgan fingerprint density at radius 3 is 3.28 bits per heavy atom. The summed E-state index contributed by atoms with van der Waals surface area (Å²) in [6, 6.07) is 4.28. The highest BCUT2D eigenvalue weighted by Gasteiger charge is 2.21. The van der Waals surface area contributed by atoms with Gasteiger partial charge in [0.05, 0.1) is 18.6 Å². The molecule has 1 unspecified atom stereocenters. The van der Waals surface area contributed by atoms with Crippen LogP contribution in [-0.4, -0.2) is 12.4 Å². The molecule has 0 radical (unpaired) electrons. The van der Waals surface area contributed by atoms with E-state index in [-0.39, 0.29) is 6.10 Å². The maximum atomic E-state index is 5.89. The molecule has 4 rings (SSSR count). The lowest BCUT2D eigenvalue weighted by Crippen LogP contribution is -2.31. The van der Waals surface area contributed by atoms with Crippen LogP contribution in [0.3, 0.4) is 0 Å². The predicted octanol–water partition coefficient (Wildman–Crippen LogP) is 0.863. The van der Waals surface area contributed by atoms with Crippen LogP contribution in [0.15, 0.2) is 41.4 Å². The average Bonchev–Trinajstić information content (AvgIpc) is 2.46. The SMILES string of the molecule is C1=CC2=c3ccc4c(c3COC2C=C1)N=CNC=4. The first kappa shape index (κ1) is 9.85. The number of allylic oxidation sites excluding steroid dienone is 2.